The quantitative estimate of drug-likeness (QED) is 0.691. The average Bonchev–Trinajstić information content (AvgIpc) is 2.52. The Hall–Kier alpha value is -3.09. The van der Waals surface area contributed by atoms with Gasteiger partial charge in [-0.15, -0.1) is 0 Å². The van der Waals surface area contributed by atoms with Crippen LogP contribution in [-0.4, -0.2) is 30.1 Å². The highest BCUT2D eigenvalue weighted by Crippen LogP contribution is 2.31. The summed E-state index contributed by atoms with van der Waals surface area (Å²) in [5.74, 6) is -0.436. The Morgan fingerprint density at radius 1 is 1.26 bits per heavy atom. The van der Waals surface area contributed by atoms with Crippen LogP contribution in [0, 0.1) is 17.0 Å². The van der Waals surface area contributed by atoms with Crippen LogP contribution in [0.5, 0.6) is 11.5 Å². The standard InChI is InChI=1S/C16H16N2O5/c1-10-4-6-12(14(19)8-10)17(2)16(20)11-5-7-13(18(21)22)15(9-11)23-3/h4-9,19H,1-3H3. The van der Waals surface area contributed by atoms with Gasteiger partial charge < -0.3 is 14.7 Å². The van der Waals surface area contributed by atoms with Gasteiger partial charge in [-0.2, -0.15) is 0 Å². The number of rotatable bonds is 4. The maximum absolute atomic E-state index is 12.5. The van der Waals surface area contributed by atoms with Crippen molar-refractivity contribution < 1.29 is 19.6 Å². The average molecular weight is 316 g/mol. The zero-order chi connectivity index (χ0) is 17.1. The molecule has 0 aliphatic heterocycles. The molecule has 2 aromatic rings. The first kappa shape index (κ1) is 16.3. The van der Waals surface area contributed by atoms with E-state index in [9.17, 15) is 20.0 Å². The lowest BCUT2D eigenvalue weighted by Gasteiger charge is -2.19. The molecule has 7 nitrogen and oxygen atoms in total. The van der Waals surface area contributed by atoms with Gasteiger partial charge in [0.25, 0.3) is 5.91 Å². The van der Waals surface area contributed by atoms with E-state index >= 15 is 0 Å². The van der Waals surface area contributed by atoms with E-state index < -0.39 is 10.8 Å². The monoisotopic (exact) mass is 316 g/mol. The summed E-state index contributed by atoms with van der Waals surface area (Å²) in [4.78, 5) is 24.1. The molecule has 0 atom stereocenters. The van der Waals surface area contributed by atoms with Gasteiger partial charge in [0.15, 0.2) is 5.75 Å². The normalized spacial score (nSPS) is 10.2. The fourth-order valence-electron chi connectivity index (χ4n) is 2.18. The molecule has 0 aromatic heterocycles. The predicted octanol–water partition coefficient (Wildman–Crippen LogP) is 2.89. The summed E-state index contributed by atoms with van der Waals surface area (Å²) in [6.45, 7) is 1.83. The fraction of sp³-hybridized carbons (Fsp3) is 0.188. The van der Waals surface area contributed by atoms with Gasteiger partial charge in [-0.3, -0.25) is 14.9 Å². The molecule has 0 aliphatic rings. The number of nitrogens with zero attached hydrogens (tertiary/aromatic N) is 2. The fourth-order valence-corrected chi connectivity index (χ4v) is 2.18. The van der Waals surface area contributed by atoms with Crippen molar-refractivity contribution in [1.29, 1.82) is 0 Å². The van der Waals surface area contributed by atoms with E-state index in [0.717, 1.165) is 5.56 Å². The number of amides is 1. The molecule has 1 N–H and O–H groups in total. The summed E-state index contributed by atoms with van der Waals surface area (Å²) in [6.07, 6.45) is 0. The van der Waals surface area contributed by atoms with Gasteiger partial charge in [0.05, 0.1) is 17.7 Å². The van der Waals surface area contributed by atoms with Crippen molar-refractivity contribution in [1.82, 2.24) is 0 Å². The van der Waals surface area contributed by atoms with Crippen molar-refractivity contribution >= 4 is 17.3 Å². The summed E-state index contributed by atoms with van der Waals surface area (Å²) in [5, 5.41) is 20.9. The third-order valence-corrected chi connectivity index (χ3v) is 3.42. The molecule has 23 heavy (non-hydrogen) atoms. The molecule has 0 fully saturated rings. The number of nitro benzene ring substituents is 1. The lowest BCUT2D eigenvalue weighted by atomic mass is 10.1. The second-order valence-electron chi connectivity index (χ2n) is 5.00. The second kappa shape index (κ2) is 6.35. The molecule has 0 heterocycles. The first-order valence-corrected chi connectivity index (χ1v) is 6.75. The van der Waals surface area contributed by atoms with Crippen molar-refractivity contribution in [3.63, 3.8) is 0 Å². The molecule has 2 aromatic carbocycles. The first-order valence-electron chi connectivity index (χ1n) is 6.75. The van der Waals surface area contributed by atoms with Gasteiger partial charge in [-0.25, -0.2) is 0 Å². The first-order chi connectivity index (χ1) is 10.8. The molecule has 0 saturated carbocycles. The highest BCUT2D eigenvalue weighted by atomic mass is 16.6. The molecule has 0 spiro atoms. The van der Waals surface area contributed by atoms with E-state index in [4.69, 9.17) is 4.74 Å². The number of methoxy groups -OCH3 is 1. The molecule has 0 saturated heterocycles. The molecule has 120 valence electrons. The number of hydrogen-bond donors (Lipinski definition) is 1. The summed E-state index contributed by atoms with van der Waals surface area (Å²) in [7, 11) is 2.81. The number of hydrogen-bond acceptors (Lipinski definition) is 5. The van der Waals surface area contributed by atoms with Gasteiger partial charge >= 0.3 is 5.69 Å². The Kier molecular flexibility index (Phi) is 4.49. The van der Waals surface area contributed by atoms with Gasteiger partial charge in [0, 0.05) is 24.7 Å². The number of aryl methyl sites for hydroxylation is 1. The van der Waals surface area contributed by atoms with E-state index in [2.05, 4.69) is 0 Å². The number of phenols is 1. The number of ether oxygens (including phenoxy) is 1. The van der Waals surface area contributed by atoms with Crippen LogP contribution in [0.3, 0.4) is 0 Å². The number of benzene rings is 2. The van der Waals surface area contributed by atoms with Crippen LogP contribution < -0.4 is 9.64 Å². The zero-order valence-electron chi connectivity index (χ0n) is 12.9. The van der Waals surface area contributed by atoms with Crippen molar-refractivity contribution in [3.8, 4) is 11.5 Å². The third-order valence-electron chi connectivity index (χ3n) is 3.42. The van der Waals surface area contributed by atoms with Crippen molar-refractivity contribution in [3.05, 3.63) is 57.6 Å². The number of aromatic hydroxyl groups is 1. The van der Waals surface area contributed by atoms with Crippen LogP contribution in [0.15, 0.2) is 36.4 Å². The Balaban J connectivity index is 2.38. The summed E-state index contributed by atoms with van der Waals surface area (Å²) >= 11 is 0. The summed E-state index contributed by atoms with van der Waals surface area (Å²) < 4.78 is 4.96. The topological polar surface area (TPSA) is 92.9 Å². The Morgan fingerprint density at radius 2 is 1.96 bits per heavy atom. The SMILES string of the molecule is COc1cc(C(=O)N(C)c2ccc(C)cc2O)ccc1[N+](=O)[O-]. The van der Waals surface area contributed by atoms with E-state index in [0.29, 0.717) is 5.69 Å². The van der Waals surface area contributed by atoms with Gasteiger partial charge in [-0.05, 0) is 30.7 Å². The number of phenolic OH excluding ortho intramolecular Hbond substituents is 1. The Bertz CT molecular complexity index is 773. The Morgan fingerprint density at radius 3 is 2.52 bits per heavy atom. The predicted molar refractivity (Wildman–Crippen MR) is 85.2 cm³/mol. The van der Waals surface area contributed by atoms with Gasteiger partial charge in [0.1, 0.15) is 5.75 Å². The maximum Gasteiger partial charge on any atom is 0.310 e. The minimum atomic E-state index is -0.581. The van der Waals surface area contributed by atoms with Crippen LogP contribution >= 0.6 is 0 Å². The number of anilines is 1. The molecule has 7 heteroatoms. The van der Waals surface area contributed by atoms with Crippen LogP contribution in [0.4, 0.5) is 11.4 Å². The maximum atomic E-state index is 12.5. The molecule has 0 bridgehead atoms. The van der Waals surface area contributed by atoms with E-state index in [1.54, 1.807) is 18.2 Å². The second-order valence-corrected chi connectivity index (χ2v) is 5.00. The number of nitro groups is 1. The highest BCUT2D eigenvalue weighted by Gasteiger charge is 2.21. The van der Waals surface area contributed by atoms with Crippen molar-refractivity contribution in [2.24, 2.45) is 0 Å². The van der Waals surface area contributed by atoms with Gasteiger partial charge in [0.2, 0.25) is 0 Å². The van der Waals surface area contributed by atoms with Crippen LogP contribution in [0.2, 0.25) is 0 Å². The molecular formula is C16H16N2O5. The minimum Gasteiger partial charge on any atom is -0.506 e. The van der Waals surface area contributed by atoms with Crippen LogP contribution in [0.25, 0.3) is 0 Å². The minimum absolute atomic E-state index is 0.00220. The third kappa shape index (κ3) is 3.23. The number of carbonyl (C=O) groups is 1. The highest BCUT2D eigenvalue weighted by molar-refractivity contribution is 6.06. The lowest BCUT2D eigenvalue weighted by Crippen LogP contribution is -2.26. The van der Waals surface area contributed by atoms with Gasteiger partial charge in [-0.1, -0.05) is 6.07 Å². The molecule has 2 rings (SSSR count). The molecular weight excluding hydrogens is 300 g/mol. The van der Waals surface area contributed by atoms with E-state index in [-0.39, 0.29) is 22.7 Å². The van der Waals surface area contributed by atoms with Crippen LogP contribution in [0.1, 0.15) is 15.9 Å². The molecule has 0 radical (unpaired) electrons. The van der Waals surface area contributed by atoms with Crippen molar-refractivity contribution in [2.45, 2.75) is 6.92 Å². The molecule has 0 aliphatic carbocycles. The summed E-state index contributed by atoms with van der Waals surface area (Å²) in [5.41, 5.74) is 1.21. The van der Waals surface area contributed by atoms with Crippen LogP contribution in [-0.2, 0) is 0 Å². The Labute approximate surface area is 132 Å². The largest absolute Gasteiger partial charge is 0.506 e. The summed E-state index contributed by atoms with van der Waals surface area (Å²) in [6, 6.07) is 8.83. The molecule has 0 unspecified atom stereocenters. The zero-order valence-corrected chi connectivity index (χ0v) is 12.9. The van der Waals surface area contributed by atoms with Crippen molar-refractivity contribution in [2.75, 3.05) is 19.1 Å². The number of carbonyl (C=O) groups excluding carboxylic acids is 1. The van der Waals surface area contributed by atoms with E-state index in [1.165, 1.54) is 37.3 Å². The molecule has 1 amide bonds. The lowest BCUT2D eigenvalue weighted by molar-refractivity contribution is -0.385. The smallest absolute Gasteiger partial charge is 0.310 e. The van der Waals surface area contributed by atoms with E-state index in [1.807, 2.05) is 6.92 Å².